The number of amides is 1. The quantitative estimate of drug-likeness (QED) is 0.867. The van der Waals surface area contributed by atoms with Crippen LogP contribution in [0.25, 0.3) is 6.08 Å². The van der Waals surface area contributed by atoms with E-state index in [9.17, 15) is 18.0 Å². The fraction of sp³-hybridized carbons (Fsp3) is 0.471. The van der Waals surface area contributed by atoms with E-state index >= 15 is 0 Å². The van der Waals surface area contributed by atoms with Gasteiger partial charge in [0, 0.05) is 18.7 Å². The van der Waals surface area contributed by atoms with E-state index in [1.165, 1.54) is 18.2 Å². The lowest BCUT2D eigenvalue weighted by Gasteiger charge is -2.44. The monoisotopic (exact) mass is 324 g/mol. The summed E-state index contributed by atoms with van der Waals surface area (Å²) in [5.41, 5.74) is -0.346. The number of fused-ring (bicyclic) bond motifs is 3. The molecule has 1 unspecified atom stereocenters. The number of halogens is 3. The molecule has 23 heavy (non-hydrogen) atoms. The van der Waals surface area contributed by atoms with Gasteiger partial charge in [-0.1, -0.05) is 12.1 Å². The van der Waals surface area contributed by atoms with Gasteiger partial charge in [0.2, 0.25) is 5.91 Å². The first-order chi connectivity index (χ1) is 10.9. The van der Waals surface area contributed by atoms with Gasteiger partial charge in [-0.25, -0.2) is 0 Å². The molecule has 1 N–H and O–H groups in total. The smallest absolute Gasteiger partial charge is 0.348 e. The summed E-state index contributed by atoms with van der Waals surface area (Å²) in [6, 6.07) is 5.10. The van der Waals surface area contributed by atoms with E-state index < -0.39 is 11.7 Å². The number of nitrogens with one attached hydrogen (secondary N) is 1. The number of carbonyl (C=O) groups excluding carboxylic acids is 1. The van der Waals surface area contributed by atoms with E-state index in [4.69, 9.17) is 0 Å². The Hall–Kier alpha value is -1.82. The number of hydrogen-bond acceptors (Lipinski definition) is 2. The summed E-state index contributed by atoms with van der Waals surface area (Å²) >= 11 is 0. The van der Waals surface area contributed by atoms with E-state index in [1.807, 2.05) is 0 Å². The largest absolute Gasteiger partial charge is 0.416 e. The Morgan fingerprint density at radius 1 is 1.26 bits per heavy atom. The molecule has 0 aliphatic carbocycles. The summed E-state index contributed by atoms with van der Waals surface area (Å²) in [6.45, 7) is 3.06. The third-order valence-corrected chi connectivity index (χ3v) is 4.62. The van der Waals surface area contributed by atoms with Crippen LogP contribution in [0.5, 0.6) is 0 Å². The van der Waals surface area contributed by atoms with Crippen LogP contribution < -0.4 is 5.32 Å². The summed E-state index contributed by atoms with van der Waals surface area (Å²) in [7, 11) is 0. The van der Waals surface area contributed by atoms with Crippen LogP contribution in [0.2, 0.25) is 0 Å². The maximum absolute atomic E-state index is 12.7. The van der Waals surface area contributed by atoms with Crippen molar-refractivity contribution in [2.45, 2.75) is 25.1 Å². The van der Waals surface area contributed by atoms with Gasteiger partial charge in [-0.3, -0.25) is 4.79 Å². The lowest BCUT2D eigenvalue weighted by atomic mass is 9.84. The first kappa shape index (κ1) is 16.1. The molecule has 3 fully saturated rings. The molecule has 1 amide bonds. The molecule has 2 bridgehead atoms. The van der Waals surface area contributed by atoms with Crippen molar-refractivity contribution in [3.05, 3.63) is 41.5 Å². The van der Waals surface area contributed by atoms with Crippen molar-refractivity contribution in [3.8, 4) is 0 Å². The fourth-order valence-electron chi connectivity index (χ4n) is 3.35. The zero-order chi connectivity index (χ0) is 16.4. The van der Waals surface area contributed by atoms with Crippen LogP contribution in [0.1, 0.15) is 24.0 Å². The molecule has 4 rings (SSSR count). The Balaban J connectivity index is 1.60. The molecular formula is C17H19F3N2O. The third kappa shape index (κ3) is 3.93. The summed E-state index contributed by atoms with van der Waals surface area (Å²) in [5, 5.41) is 2.98. The predicted octanol–water partition coefficient (Wildman–Crippen LogP) is 2.93. The number of rotatable bonds is 3. The van der Waals surface area contributed by atoms with Crippen molar-refractivity contribution in [3.63, 3.8) is 0 Å². The van der Waals surface area contributed by atoms with E-state index in [0.717, 1.165) is 44.6 Å². The van der Waals surface area contributed by atoms with Gasteiger partial charge in [-0.15, -0.1) is 0 Å². The average Bonchev–Trinajstić information content (AvgIpc) is 2.54. The summed E-state index contributed by atoms with van der Waals surface area (Å²) in [6.07, 6.45) is 0.561. The summed E-state index contributed by atoms with van der Waals surface area (Å²) < 4.78 is 38.0. The highest BCUT2D eigenvalue weighted by molar-refractivity contribution is 5.92. The second kappa shape index (κ2) is 6.35. The maximum atomic E-state index is 12.7. The van der Waals surface area contributed by atoms with Crippen LogP contribution >= 0.6 is 0 Å². The lowest BCUT2D eigenvalue weighted by Crippen LogP contribution is -2.57. The molecule has 0 spiro atoms. The first-order valence-corrected chi connectivity index (χ1v) is 7.80. The van der Waals surface area contributed by atoms with Crippen LogP contribution in [0.15, 0.2) is 30.3 Å². The van der Waals surface area contributed by atoms with Gasteiger partial charge in [0.15, 0.2) is 0 Å². The number of carbonyl (C=O) groups is 1. The molecule has 1 aromatic rings. The van der Waals surface area contributed by atoms with Gasteiger partial charge in [-0.2, -0.15) is 13.2 Å². The van der Waals surface area contributed by atoms with Crippen LogP contribution in [0.3, 0.4) is 0 Å². The first-order valence-electron chi connectivity index (χ1n) is 7.80. The number of alkyl halides is 3. The Labute approximate surface area is 133 Å². The normalized spacial score (nSPS) is 27.3. The molecule has 6 heteroatoms. The molecule has 3 saturated heterocycles. The van der Waals surface area contributed by atoms with Crippen molar-refractivity contribution in [1.29, 1.82) is 0 Å². The highest BCUT2D eigenvalue weighted by Gasteiger charge is 2.34. The van der Waals surface area contributed by atoms with Crippen LogP contribution in [-0.4, -0.2) is 36.5 Å². The number of nitrogens with zero attached hydrogens (tertiary/aromatic N) is 1. The van der Waals surface area contributed by atoms with E-state index in [1.54, 1.807) is 6.07 Å². The molecule has 0 radical (unpaired) electrons. The topological polar surface area (TPSA) is 32.3 Å². The second-order valence-corrected chi connectivity index (χ2v) is 6.21. The van der Waals surface area contributed by atoms with Crippen molar-refractivity contribution >= 4 is 12.0 Å². The SMILES string of the molecule is O=C(/C=C/c1cccc(C(F)(F)F)c1)NC1CN2CCC1CC2. The standard InChI is InChI=1S/C17H19F3N2O/c18-17(19,20)14-3-1-2-12(10-14)4-5-16(23)21-15-11-22-8-6-13(15)7-9-22/h1-5,10,13,15H,6-9,11H2,(H,21,23)/b5-4+. The molecule has 1 aromatic carbocycles. The predicted molar refractivity (Wildman–Crippen MR) is 81.6 cm³/mol. The van der Waals surface area contributed by atoms with E-state index in [-0.39, 0.29) is 11.9 Å². The van der Waals surface area contributed by atoms with E-state index in [0.29, 0.717) is 11.5 Å². The van der Waals surface area contributed by atoms with Crippen molar-refractivity contribution in [2.24, 2.45) is 5.92 Å². The Morgan fingerprint density at radius 2 is 2.00 bits per heavy atom. The molecule has 0 aromatic heterocycles. The van der Waals surface area contributed by atoms with Crippen LogP contribution in [-0.2, 0) is 11.0 Å². The van der Waals surface area contributed by atoms with Crippen molar-refractivity contribution < 1.29 is 18.0 Å². The molecule has 3 aliphatic heterocycles. The van der Waals surface area contributed by atoms with Crippen LogP contribution in [0.4, 0.5) is 13.2 Å². The van der Waals surface area contributed by atoms with Gasteiger partial charge in [0.25, 0.3) is 0 Å². The minimum Gasteiger partial charge on any atom is -0.348 e. The molecule has 3 aliphatic rings. The fourth-order valence-corrected chi connectivity index (χ4v) is 3.35. The molecule has 124 valence electrons. The zero-order valence-electron chi connectivity index (χ0n) is 12.6. The number of benzene rings is 1. The van der Waals surface area contributed by atoms with Crippen molar-refractivity contribution in [1.82, 2.24) is 10.2 Å². The summed E-state index contributed by atoms with van der Waals surface area (Å²) in [5.74, 6) is 0.270. The molecular weight excluding hydrogens is 305 g/mol. The molecule has 3 heterocycles. The van der Waals surface area contributed by atoms with Gasteiger partial charge in [0.1, 0.15) is 0 Å². The van der Waals surface area contributed by atoms with Gasteiger partial charge < -0.3 is 10.2 Å². The minimum absolute atomic E-state index is 0.149. The molecule has 0 saturated carbocycles. The lowest BCUT2D eigenvalue weighted by molar-refractivity contribution is -0.137. The minimum atomic E-state index is -4.37. The second-order valence-electron chi connectivity index (χ2n) is 6.21. The van der Waals surface area contributed by atoms with Crippen molar-refractivity contribution in [2.75, 3.05) is 19.6 Å². The number of hydrogen-bond donors (Lipinski definition) is 1. The Kier molecular flexibility index (Phi) is 4.43. The zero-order valence-corrected chi connectivity index (χ0v) is 12.6. The molecule has 1 atom stereocenters. The van der Waals surface area contributed by atoms with Gasteiger partial charge in [0.05, 0.1) is 5.56 Å². The Morgan fingerprint density at radius 3 is 2.61 bits per heavy atom. The van der Waals surface area contributed by atoms with Gasteiger partial charge in [-0.05, 0) is 55.6 Å². The maximum Gasteiger partial charge on any atom is 0.416 e. The number of piperidine rings is 3. The van der Waals surface area contributed by atoms with Gasteiger partial charge >= 0.3 is 6.18 Å². The average molecular weight is 324 g/mol. The molecule has 3 nitrogen and oxygen atoms in total. The van der Waals surface area contributed by atoms with Crippen LogP contribution in [0, 0.1) is 5.92 Å². The highest BCUT2D eigenvalue weighted by Crippen LogP contribution is 2.30. The summed E-state index contributed by atoms with van der Waals surface area (Å²) in [4.78, 5) is 14.3. The third-order valence-electron chi connectivity index (χ3n) is 4.62. The highest BCUT2D eigenvalue weighted by atomic mass is 19.4. The van der Waals surface area contributed by atoms with E-state index in [2.05, 4.69) is 10.2 Å². The Bertz CT molecular complexity index is 604.